The average molecular weight is 204 g/mol. The highest BCUT2D eigenvalue weighted by Gasteiger charge is 2.62. The minimum absolute atomic E-state index is 0.175. The lowest BCUT2D eigenvalue weighted by Gasteiger charge is -2.36. The summed E-state index contributed by atoms with van der Waals surface area (Å²) in [5.41, 5.74) is 0.161. The number of allylic oxidation sites excluding steroid dienone is 3. The lowest BCUT2D eigenvalue weighted by molar-refractivity contribution is -0.137. The van der Waals surface area contributed by atoms with E-state index >= 15 is 0 Å². The number of Topliss-reactive ketones (excluding diaryl/α,β-unsaturated/α-hetero) is 1. The van der Waals surface area contributed by atoms with E-state index in [1.165, 1.54) is 0 Å². The van der Waals surface area contributed by atoms with Gasteiger partial charge >= 0.3 is 0 Å². The van der Waals surface area contributed by atoms with Crippen LogP contribution in [0.15, 0.2) is 36.0 Å². The Balaban J connectivity index is 2.55. The third-order valence-electron chi connectivity index (χ3n) is 3.81. The van der Waals surface area contributed by atoms with E-state index in [2.05, 4.69) is 6.58 Å². The van der Waals surface area contributed by atoms with Gasteiger partial charge in [0.15, 0.2) is 5.78 Å². The van der Waals surface area contributed by atoms with Crippen LogP contribution in [0.3, 0.4) is 0 Å². The molecule has 1 fully saturated rings. The molecule has 2 aliphatic rings. The molecule has 2 heteroatoms. The van der Waals surface area contributed by atoms with E-state index in [1.54, 1.807) is 19.1 Å². The summed E-state index contributed by atoms with van der Waals surface area (Å²) in [6, 6.07) is 0. The van der Waals surface area contributed by atoms with Crippen molar-refractivity contribution in [2.45, 2.75) is 32.3 Å². The Morgan fingerprint density at radius 3 is 2.60 bits per heavy atom. The van der Waals surface area contributed by atoms with Gasteiger partial charge in [-0.2, -0.15) is 0 Å². The van der Waals surface area contributed by atoms with E-state index in [4.69, 9.17) is 0 Å². The summed E-state index contributed by atoms with van der Waals surface area (Å²) in [5, 5.41) is 10.3. The predicted octanol–water partition coefficient (Wildman–Crippen LogP) is 2.16. The fourth-order valence-corrected chi connectivity index (χ4v) is 2.58. The molecule has 1 atom stereocenters. The van der Waals surface area contributed by atoms with Gasteiger partial charge in [0.1, 0.15) is 5.60 Å². The molecule has 2 nitrogen and oxygen atoms in total. The Kier molecular flexibility index (Phi) is 2.02. The molecule has 80 valence electrons. The van der Waals surface area contributed by atoms with Gasteiger partial charge in [-0.25, -0.2) is 0 Å². The number of ketones is 1. The molecule has 0 radical (unpaired) electrons. The van der Waals surface area contributed by atoms with Crippen LogP contribution in [-0.4, -0.2) is 16.5 Å². The zero-order valence-corrected chi connectivity index (χ0v) is 9.21. The van der Waals surface area contributed by atoms with Crippen molar-refractivity contribution in [2.24, 2.45) is 5.41 Å². The lowest BCUT2D eigenvalue weighted by Crippen LogP contribution is -2.48. The molecule has 2 aliphatic carbocycles. The maximum atomic E-state index is 12.0. The van der Waals surface area contributed by atoms with Crippen molar-refractivity contribution in [3.8, 4) is 0 Å². The van der Waals surface area contributed by atoms with Crippen LogP contribution in [0.1, 0.15) is 26.7 Å². The molecule has 0 aromatic rings. The van der Waals surface area contributed by atoms with Crippen LogP contribution in [-0.2, 0) is 4.79 Å². The van der Waals surface area contributed by atoms with Gasteiger partial charge in [-0.15, -0.1) is 0 Å². The van der Waals surface area contributed by atoms with Gasteiger partial charge in [0.25, 0.3) is 0 Å². The van der Waals surface area contributed by atoms with Gasteiger partial charge in [0.05, 0.1) is 0 Å². The smallest absolute Gasteiger partial charge is 0.194 e. The molecule has 15 heavy (non-hydrogen) atoms. The number of rotatable bonds is 1. The van der Waals surface area contributed by atoms with E-state index in [-0.39, 0.29) is 11.2 Å². The predicted molar refractivity (Wildman–Crippen MR) is 59.3 cm³/mol. The van der Waals surface area contributed by atoms with Crippen LogP contribution in [0.5, 0.6) is 0 Å². The summed E-state index contributed by atoms with van der Waals surface area (Å²) in [6.07, 6.45) is 6.95. The van der Waals surface area contributed by atoms with Crippen LogP contribution in [0.2, 0.25) is 0 Å². The van der Waals surface area contributed by atoms with Crippen LogP contribution < -0.4 is 0 Å². The van der Waals surface area contributed by atoms with E-state index in [9.17, 15) is 9.90 Å². The molecule has 0 bridgehead atoms. The Bertz CT molecular complexity index is 393. The number of carbonyl (C=O) groups is 1. The summed E-state index contributed by atoms with van der Waals surface area (Å²) in [7, 11) is 0. The van der Waals surface area contributed by atoms with E-state index in [0.717, 1.165) is 18.4 Å². The molecule has 0 heterocycles. The molecule has 2 rings (SSSR count). The molecule has 1 N–H and O–H groups in total. The average Bonchev–Trinajstić information content (AvgIpc) is 2.94. The normalized spacial score (nSPS) is 35.5. The molecular formula is C13H16O2. The molecule has 1 spiro atoms. The van der Waals surface area contributed by atoms with Crippen LogP contribution in [0.25, 0.3) is 0 Å². The largest absolute Gasteiger partial charge is 0.381 e. The highest BCUT2D eigenvalue weighted by molar-refractivity contribution is 6.06. The Hall–Kier alpha value is -1.15. The first-order valence-corrected chi connectivity index (χ1v) is 5.24. The van der Waals surface area contributed by atoms with Crippen molar-refractivity contribution in [1.29, 1.82) is 0 Å². The number of aliphatic hydroxyl groups is 1. The minimum atomic E-state index is -1.24. The van der Waals surface area contributed by atoms with E-state index in [1.807, 2.05) is 13.0 Å². The summed E-state index contributed by atoms with van der Waals surface area (Å²) in [4.78, 5) is 12.0. The molecule has 1 saturated carbocycles. The van der Waals surface area contributed by atoms with Crippen molar-refractivity contribution >= 4 is 5.78 Å². The second kappa shape index (κ2) is 2.92. The highest BCUT2D eigenvalue weighted by Crippen LogP contribution is 2.61. The fraction of sp³-hybridized carbons (Fsp3) is 0.462. The maximum absolute atomic E-state index is 12.0. The molecule has 0 aromatic carbocycles. The summed E-state index contributed by atoms with van der Waals surface area (Å²) < 4.78 is 0. The Morgan fingerprint density at radius 2 is 2.13 bits per heavy atom. The van der Waals surface area contributed by atoms with E-state index in [0.29, 0.717) is 5.57 Å². The van der Waals surface area contributed by atoms with Crippen LogP contribution in [0.4, 0.5) is 0 Å². The molecule has 1 unspecified atom stereocenters. The zero-order valence-electron chi connectivity index (χ0n) is 9.21. The topological polar surface area (TPSA) is 37.3 Å². The van der Waals surface area contributed by atoms with Gasteiger partial charge in [0.2, 0.25) is 0 Å². The third-order valence-corrected chi connectivity index (χ3v) is 3.81. The fourth-order valence-electron chi connectivity index (χ4n) is 2.58. The minimum Gasteiger partial charge on any atom is -0.381 e. The SMILES string of the molecule is C=C/C=C1\C=C(C)C2(CC2)C(C)(O)C1=O. The molecule has 0 aliphatic heterocycles. The summed E-state index contributed by atoms with van der Waals surface area (Å²) in [5.74, 6) is -0.175. The molecule has 0 aromatic heterocycles. The van der Waals surface area contributed by atoms with Crippen molar-refractivity contribution < 1.29 is 9.90 Å². The summed E-state index contributed by atoms with van der Waals surface area (Å²) >= 11 is 0. The van der Waals surface area contributed by atoms with Crippen molar-refractivity contribution in [2.75, 3.05) is 0 Å². The van der Waals surface area contributed by atoms with Gasteiger partial charge < -0.3 is 5.11 Å². The Labute approximate surface area is 90.0 Å². The zero-order chi connectivity index (χ0) is 11.3. The van der Waals surface area contributed by atoms with Crippen LogP contribution in [0, 0.1) is 5.41 Å². The van der Waals surface area contributed by atoms with E-state index < -0.39 is 5.60 Å². The first-order chi connectivity index (χ1) is 6.95. The summed E-state index contributed by atoms with van der Waals surface area (Å²) in [6.45, 7) is 7.20. The molecule has 0 amide bonds. The first-order valence-electron chi connectivity index (χ1n) is 5.24. The van der Waals surface area contributed by atoms with Gasteiger partial charge in [-0.05, 0) is 26.7 Å². The van der Waals surface area contributed by atoms with Gasteiger partial charge in [-0.3, -0.25) is 4.79 Å². The Morgan fingerprint density at radius 1 is 1.53 bits per heavy atom. The number of carbonyl (C=O) groups excluding carboxylic acids is 1. The number of hydrogen-bond acceptors (Lipinski definition) is 2. The monoisotopic (exact) mass is 204 g/mol. The quantitative estimate of drug-likeness (QED) is 0.664. The standard InChI is InChI=1S/C13H16O2/c1-4-5-10-8-9(2)13(6-7-13)12(3,15)11(10)14/h4-5,8,15H,1,6-7H2,2-3H3/b10-5+. The molecular weight excluding hydrogens is 188 g/mol. The van der Waals surface area contributed by atoms with Gasteiger partial charge in [0, 0.05) is 11.0 Å². The second-order valence-corrected chi connectivity index (χ2v) is 4.67. The second-order valence-electron chi connectivity index (χ2n) is 4.67. The first kappa shape index (κ1) is 10.4. The third kappa shape index (κ3) is 1.18. The van der Waals surface area contributed by atoms with Gasteiger partial charge in [-0.1, -0.05) is 30.4 Å². The van der Waals surface area contributed by atoms with Crippen molar-refractivity contribution in [3.05, 3.63) is 36.0 Å². The molecule has 0 saturated heterocycles. The van der Waals surface area contributed by atoms with Crippen molar-refractivity contribution in [3.63, 3.8) is 0 Å². The lowest BCUT2D eigenvalue weighted by atomic mass is 9.70. The van der Waals surface area contributed by atoms with Crippen LogP contribution >= 0.6 is 0 Å². The van der Waals surface area contributed by atoms with Crippen molar-refractivity contribution in [1.82, 2.24) is 0 Å². The maximum Gasteiger partial charge on any atom is 0.194 e. The number of hydrogen-bond donors (Lipinski definition) is 1. The highest BCUT2D eigenvalue weighted by atomic mass is 16.3.